The van der Waals surface area contributed by atoms with Crippen LogP contribution in [0.3, 0.4) is 0 Å². The standard InChI is InChI=1S/C19H22N2O3S/c1-3-4-9-21-16-11-14(7-8-17(16)24-13(2)19(21)23)20-18(22)12-15-6-5-10-25-15/h5-8,10-11,13H,3-4,9,12H2,1-2H3,(H,20,22). The summed E-state index contributed by atoms with van der Waals surface area (Å²) in [6.07, 6.45) is 1.79. The molecular formula is C19H22N2O3S. The van der Waals surface area contributed by atoms with Crippen molar-refractivity contribution in [2.24, 2.45) is 0 Å². The van der Waals surface area contributed by atoms with Gasteiger partial charge in [0.2, 0.25) is 5.91 Å². The second kappa shape index (κ2) is 7.70. The molecule has 1 unspecified atom stereocenters. The zero-order valence-corrected chi connectivity index (χ0v) is 15.3. The van der Waals surface area contributed by atoms with Crippen LogP contribution >= 0.6 is 11.3 Å². The molecule has 0 radical (unpaired) electrons. The van der Waals surface area contributed by atoms with Crippen LogP contribution in [-0.4, -0.2) is 24.5 Å². The van der Waals surface area contributed by atoms with Crippen molar-refractivity contribution in [2.75, 3.05) is 16.8 Å². The number of anilines is 2. The first-order chi connectivity index (χ1) is 12.1. The number of amides is 2. The minimum absolute atomic E-state index is 0.0389. The molecule has 1 aromatic heterocycles. The molecule has 25 heavy (non-hydrogen) atoms. The minimum atomic E-state index is -0.483. The van der Waals surface area contributed by atoms with Crippen molar-refractivity contribution in [1.29, 1.82) is 0 Å². The topological polar surface area (TPSA) is 58.6 Å². The summed E-state index contributed by atoms with van der Waals surface area (Å²) in [6, 6.07) is 9.32. The van der Waals surface area contributed by atoms with Gasteiger partial charge in [-0.25, -0.2) is 0 Å². The maximum Gasteiger partial charge on any atom is 0.267 e. The van der Waals surface area contributed by atoms with Gasteiger partial charge in [0.25, 0.3) is 5.91 Å². The second-order valence-electron chi connectivity index (χ2n) is 6.09. The Balaban J connectivity index is 1.78. The molecule has 1 N–H and O–H groups in total. The molecular weight excluding hydrogens is 336 g/mol. The molecule has 0 saturated heterocycles. The summed E-state index contributed by atoms with van der Waals surface area (Å²) < 4.78 is 5.70. The van der Waals surface area contributed by atoms with E-state index < -0.39 is 6.10 Å². The number of hydrogen-bond acceptors (Lipinski definition) is 4. The lowest BCUT2D eigenvalue weighted by Crippen LogP contribution is -2.44. The maximum atomic E-state index is 12.5. The van der Waals surface area contributed by atoms with Crippen LogP contribution in [-0.2, 0) is 16.0 Å². The molecule has 0 spiro atoms. The summed E-state index contributed by atoms with van der Waals surface area (Å²) in [5.74, 6) is 0.571. The molecule has 0 bridgehead atoms. The lowest BCUT2D eigenvalue weighted by atomic mass is 10.1. The van der Waals surface area contributed by atoms with E-state index in [4.69, 9.17) is 4.74 Å². The number of thiophene rings is 1. The van der Waals surface area contributed by atoms with Gasteiger partial charge in [-0.1, -0.05) is 19.4 Å². The van der Waals surface area contributed by atoms with Gasteiger partial charge in [-0.15, -0.1) is 11.3 Å². The number of rotatable bonds is 6. The third kappa shape index (κ3) is 4.02. The summed E-state index contributed by atoms with van der Waals surface area (Å²) in [5.41, 5.74) is 1.40. The number of carbonyl (C=O) groups is 2. The first kappa shape index (κ1) is 17.5. The summed E-state index contributed by atoms with van der Waals surface area (Å²) >= 11 is 1.56. The van der Waals surface area contributed by atoms with Crippen LogP contribution in [0, 0.1) is 0 Å². The molecule has 2 aromatic rings. The van der Waals surface area contributed by atoms with Crippen molar-refractivity contribution in [3.8, 4) is 5.75 Å². The SMILES string of the molecule is CCCCN1C(=O)C(C)Oc2ccc(NC(=O)Cc3cccs3)cc21. The third-order valence-electron chi connectivity index (χ3n) is 4.10. The Morgan fingerprint density at radius 2 is 2.20 bits per heavy atom. The summed E-state index contributed by atoms with van der Waals surface area (Å²) in [5, 5.41) is 4.86. The van der Waals surface area contributed by atoms with Crippen LogP contribution in [0.5, 0.6) is 5.75 Å². The maximum absolute atomic E-state index is 12.5. The lowest BCUT2D eigenvalue weighted by Gasteiger charge is -2.33. The Morgan fingerprint density at radius 3 is 2.92 bits per heavy atom. The van der Waals surface area contributed by atoms with E-state index in [9.17, 15) is 9.59 Å². The largest absolute Gasteiger partial charge is 0.479 e. The van der Waals surface area contributed by atoms with Gasteiger partial charge >= 0.3 is 0 Å². The van der Waals surface area contributed by atoms with Gasteiger partial charge < -0.3 is 15.0 Å². The van der Waals surface area contributed by atoms with Crippen LogP contribution in [0.2, 0.25) is 0 Å². The molecule has 0 aliphatic carbocycles. The number of unbranched alkanes of at least 4 members (excludes halogenated alkanes) is 1. The number of nitrogens with one attached hydrogen (secondary N) is 1. The first-order valence-electron chi connectivity index (χ1n) is 8.52. The summed E-state index contributed by atoms with van der Waals surface area (Å²) in [7, 11) is 0. The van der Waals surface area contributed by atoms with E-state index in [1.807, 2.05) is 35.7 Å². The highest BCUT2D eigenvalue weighted by Crippen LogP contribution is 2.36. The van der Waals surface area contributed by atoms with Crippen LogP contribution in [0.1, 0.15) is 31.6 Å². The van der Waals surface area contributed by atoms with Crippen LogP contribution < -0.4 is 15.0 Å². The Kier molecular flexibility index (Phi) is 5.38. The molecule has 0 fully saturated rings. The van der Waals surface area contributed by atoms with Crippen molar-refractivity contribution in [2.45, 2.75) is 39.2 Å². The monoisotopic (exact) mass is 358 g/mol. The fourth-order valence-corrected chi connectivity index (χ4v) is 3.51. The van der Waals surface area contributed by atoms with Crippen molar-refractivity contribution in [3.63, 3.8) is 0 Å². The van der Waals surface area contributed by atoms with E-state index in [1.165, 1.54) is 0 Å². The Morgan fingerprint density at radius 1 is 1.36 bits per heavy atom. The van der Waals surface area contributed by atoms with E-state index in [-0.39, 0.29) is 11.8 Å². The van der Waals surface area contributed by atoms with Gasteiger partial charge in [0.05, 0.1) is 12.1 Å². The van der Waals surface area contributed by atoms with E-state index in [1.54, 1.807) is 23.2 Å². The van der Waals surface area contributed by atoms with Gasteiger partial charge in [0, 0.05) is 17.1 Å². The molecule has 3 rings (SSSR count). The number of benzene rings is 1. The molecule has 2 heterocycles. The molecule has 0 saturated carbocycles. The quantitative estimate of drug-likeness (QED) is 0.853. The minimum Gasteiger partial charge on any atom is -0.479 e. The molecule has 2 amide bonds. The van der Waals surface area contributed by atoms with Crippen LogP contribution in [0.25, 0.3) is 0 Å². The molecule has 132 valence electrons. The number of fused-ring (bicyclic) bond motifs is 1. The predicted molar refractivity (Wildman–Crippen MR) is 100 cm³/mol. The highest BCUT2D eigenvalue weighted by molar-refractivity contribution is 7.10. The number of ether oxygens (including phenoxy) is 1. The van der Waals surface area contributed by atoms with Crippen LogP contribution in [0.4, 0.5) is 11.4 Å². The number of nitrogens with zero attached hydrogens (tertiary/aromatic N) is 1. The predicted octanol–water partition coefficient (Wildman–Crippen LogP) is 3.84. The zero-order valence-electron chi connectivity index (χ0n) is 14.5. The van der Waals surface area contributed by atoms with E-state index >= 15 is 0 Å². The van der Waals surface area contributed by atoms with Gasteiger partial charge in [-0.3, -0.25) is 9.59 Å². The number of carbonyl (C=O) groups excluding carboxylic acids is 2. The second-order valence-corrected chi connectivity index (χ2v) is 7.12. The Labute approximate surface area is 151 Å². The van der Waals surface area contributed by atoms with Crippen molar-refractivity contribution in [3.05, 3.63) is 40.6 Å². The fraction of sp³-hybridized carbons (Fsp3) is 0.368. The highest BCUT2D eigenvalue weighted by Gasteiger charge is 2.31. The molecule has 1 aliphatic heterocycles. The molecule has 5 nitrogen and oxygen atoms in total. The van der Waals surface area contributed by atoms with Crippen molar-refractivity contribution in [1.82, 2.24) is 0 Å². The zero-order chi connectivity index (χ0) is 17.8. The summed E-state index contributed by atoms with van der Waals surface area (Å²) in [6.45, 7) is 4.51. The molecule has 6 heteroatoms. The average Bonchev–Trinajstić information content (AvgIpc) is 3.08. The molecule has 1 atom stereocenters. The lowest BCUT2D eigenvalue weighted by molar-refractivity contribution is -0.125. The van der Waals surface area contributed by atoms with E-state index in [0.717, 1.165) is 23.4 Å². The molecule has 1 aromatic carbocycles. The van der Waals surface area contributed by atoms with Gasteiger partial charge in [-0.05, 0) is 43.0 Å². The average molecular weight is 358 g/mol. The summed E-state index contributed by atoms with van der Waals surface area (Å²) in [4.78, 5) is 27.4. The molecule has 1 aliphatic rings. The number of hydrogen-bond donors (Lipinski definition) is 1. The van der Waals surface area contributed by atoms with Gasteiger partial charge in [0.1, 0.15) is 5.75 Å². The first-order valence-corrected chi connectivity index (χ1v) is 9.40. The smallest absolute Gasteiger partial charge is 0.267 e. The third-order valence-corrected chi connectivity index (χ3v) is 4.98. The normalized spacial score (nSPS) is 16.3. The Hall–Kier alpha value is -2.34. The van der Waals surface area contributed by atoms with Gasteiger partial charge in [0.15, 0.2) is 6.10 Å². The highest BCUT2D eigenvalue weighted by atomic mass is 32.1. The van der Waals surface area contributed by atoms with Gasteiger partial charge in [-0.2, -0.15) is 0 Å². The van der Waals surface area contributed by atoms with Crippen LogP contribution in [0.15, 0.2) is 35.7 Å². The van der Waals surface area contributed by atoms with E-state index in [0.29, 0.717) is 24.4 Å². The van der Waals surface area contributed by atoms with E-state index in [2.05, 4.69) is 12.2 Å². The van der Waals surface area contributed by atoms with Crippen molar-refractivity contribution < 1.29 is 14.3 Å². The fourth-order valence-electron chi connectivity index (χ4n) is 2.81. The Bertz CT molecular complexity index is 758. The van der Waals surface area contributed by atoms with Crippen molar-refractivity contribution >= 4 is 34.5 Å².